The minimum atomic E-state index is -4.63. The van der Waals surface area contributed by atoms with E-state index in [0.29, 0.717) is 6.42 Å². The second-order valence-electron chi connectivity index (χ2n) is 3.15. The van der Waals surface area contributed by atoms with Crippen LogP contribution in [-0.4, -0.2) is 22.8 Å². The molecule has 0 amide bonds. The molecule has 16 heavy (non-hydrogen) atoms. The van der Waals surface area contributed by atoms with Crippen molar-refractivity contribution in [3.63, 3.8) is 0 Å². The van der Waals surface area contributed by atoms with E-state index >= 15 is 0 Å². The van der Waals surface area contributed by atoms with Gasteiger partial charge < -0.3 is 4.74 Å². The molecular weight excluding hydrogens is 225 g/mol. The molecule has 0 bridgehead atoms. The maximum absolute atomic E-state index is 12.4. The third-order valence-corrected chi connectivity index (χ3v) is 1.87. The molecule has 0 saturated carbocycles. The summed E-state index contributed by atoms with van der Waals surface area (Å²) in [5, 5.41) is 4.93. The van der Waals surface area contributed by atoms with Gasteiger partial charge in [0.15, 0.2) is 5.69 Å². The van der Waals surface area contributed by atoms with E-state index in [9.17, 15) is 18.0 Å². The first kappa shape index (κ1) is 12.5. The highest BCUT2D eigenvalue weighted by Gasteiger charge is 2.38. The molecular formula is C9H11F3N2O2. The van der Waals surface area contributed by atoms with Crippen molar-refractivity contribution in [2.45, 2.75) is 25.9 Å². The summed E-state index contributed by atoms with van der Waals surface area (Å²) in [4.78, 5) is 11.3. The normalized spacial score (nSPS) is 11.5. The summed E-state index contributed by atoms with van der Waals surface area (Å²) in [6.07, 6.45) is -2.40. The highest BCUT2D eigenvalue weighted by Crippen LogP contribution is 2.30. The molecule has 0 aliphatic heterocycles. The fourth-order valence-corrected chi connectivity index (χ4v) is 1.04. The predicted octanol–water partition coefficient (Wildman–Crippen LogP) is 2.39. The topological polar surface area (TPSA) is 55.0 Å². The number of alkyl halides is 3. The number of nitrogens with one attached hydrogen (secondary N) is 1. The molecule has 0 aromatic carbocycles. The highest BCUT2D eigenvalue weighted by molar-refractivity contribution is 5.90. The second-order valence-corrected chi connectivity index (χ2v) is 3.15. The summed E-state index contributed by atoms with van der Waals surface area (Å²) in [6.45, 7) is 1.99. The molecule has 0 atom stereocenters. The van der Waals surface area contributed by atoms with Gasteiger partial charge in [0.05, 0.1) is 12.8 Å². The Bertz CT molecular complexity index is 360. The number of rotatable bonds is 4. The van der Waals surface area contributed by atoms with Crippen LogP contribution in [0.25, 0.3) is 0 Å². The number of H-pyrrole nitrogens is 1. The number of unbranched alkanes of at least 4 members (excludes halogenated alkanes) is 1. The Hall–Kier alpha value is -1.53. The second kappa shape index (κ2) is 5.00. The molecule has 7 heteroatoms. The Morgan fingerprint density at radius 2 is 2.25 bits per heavy atom. The van der Waals surface area contributed by atoms with Crippen LogP contribution in [0.5, 0.6) is 0 Å². The summed E-state index contributed by atoms with van der Waals surface area (Å²) in [6, 6.07) is 0. The minimum absolute atomic E-state index is 0.109. The number of esters is 1. The van der Waals surface area contributed by atoms with Crippen LogP contribution in [0.2, 0.25) is 0 Å². The number of nitrogens with zero attached hydrogens (tertiary/aromatic N) is 1. The highest BCUT2D eigenvalue weighted by atomic mass is 19.4. The van der Waals surface area contributed by atoms with Gasteiger partial charge in [-0.15, -0.1) is 0 Å². The molecule has 0 radical (unpaired) electrons. The van der Waals surface area contributed by atoms with Gasteiger partial charge in [0.25, 0.3) is 0 Å². The predicted molar refractivity (Wildman–Crippen MR) is 48.8 cm³/mol. The van der Waals surface area contributed by atoms with Gasteiger partial charge in [-0.3, -0.25) is 5.10 Å². The number of hydrogen-bond donors (Lipinski definition) is 1. The number of ether oxygens (including phenoxy) is 1. The lowest BCUT2D eigenvalue weighted by Gasteiger charge is -2.06. The van der Waals surface area contributed by atoms with Crippen molar-refractivity contribution in [1.29, 1.82) is 0 Å². The molecule has 0 unspecified atom stereocenters. The van der Waals surface area contributed by atoms with Gasteiger partial charge in [-0.1, -0.05) is 13.3 Å². The lowest BCUT2D eigenvalue weighted by Crippen LogP contribution is -2.14. The number of aromatic nitrogens is 2. The fraction of sp³-hybridized carbons (Fsp3) is 0.556. The van der Waals surface area contributed by atoms with Crippen LogP contribution in [0.15, 0.2) is 6.20 Å². The van der Waals surface area contributed by atoms with Gasteiger partial charge in [0.2, 0.25) is 0 Å². The fourth-order valence-electron chi connectivity index (χ4n) is 1.04. The number of aromatic amines is 1. The van der Waals surface area contributed by atoms with Crippen LogP contribution >= 0.6 is 0 Å². The Kier molecular flexibility index (Phi) is 3.92. The standard InChI is InChI=1S/C9H11F3N2O2/c1-2-3-4-16-8(15)6-5-13-14-7(6)9(10,11)12/h5H,2-4H2,1H3,(H,13,14). The molecule has 1 heterocycles. The molecule has 4 nitrogen and oxygen atoms in total. The van der Waals surface area contributed by atoms with Crippen LogP contribution in [0.4, 0.5) is 13.2 Å². The molecule has 1 aromatic rings. The maximum atomic E-state index is 12.4. The van der Waals surface area contributed by atoms with Crippen LogP contribution in [0, 0.1) is 0 Å². The molecule has 0 fully saturated rings. The monoisotopic (exact) mass is 236 g/mol. The average molecular weight is 236 g/mol. The van der Waals surface area contributed by atoms with Crippen LogP contribution in [0.1, 0.15) is 35.8 Å². The molecule has 0 saturated heterocycles. The van der Waals surface area contributed by atoms with Crippen molar-refractivity contribution in [1.82, 2.24) is 10.2 Å². The van der Waals surface area contributed by atoms with E-state index in [1.54, 1.807) is 5.10 Å². The zero-order chi connectivity index (χ0) is 12.2. The molecule has 1 aromatic heterocycles. The van der Waals surface area contributed by atoms with E-state index in [0.717, 1.165) is 12.6 Å². The summed E-state index contributed by atoms with van der Waals surface area (Å²) in [5.74, 6) is -1.01. The van der Waals surface area contributed by atoms with Crippen molar-refractivity contribution in [3.8, 4) is 0 Å². The lowest BCUT2D eigenvalue weighted by molar-refractivity contribution is -0.141. The Labute approximate surface area is 89.8 Å². The van der Waals surface area contributed by atoms with E-state index in [2.05, 4.69) is 9.84 Å². The van der Waals surface area contributed by atoms with Gasteiger partial charge in [-0.25, -0.2) is 4.79 Å². The van der Waals surface area contributed by atoms with Gasteiger partial charge in [0, 0.05) is 0 Å². The summed E-state index contributed by atoms with van der Waals surface area (Å²) >= 11 is 0. The van der Waals surface area contributed by atoms with E-state index in [4.69, 9.17) is 0 Å². The third kappa shape index (κ3) is 2.98. The van der Waals surface area contributed by atoms with Gasteiger partial charge in [-0.2, -0.15) is 18.3 Å². The smallest absolute Gasteiger partial charge is 0.433 e. The van der Waals surface area contributed by atoms with Crippen LogP contribution in [-0.2, 0) is 10.9 Å². The maximum Gasteiger partial charge on any atom is 0.433 e. The number of carbonyl (C=O) groups is 1. The Balaban J connectivity index is 2.73. The van der Waals surface area contributed by atoms with Crippen molar-refractivity contribution in [2.75, 3.05) is 6.61 Å². The van der Waals surface area contributed by atoms with E-state index in [-0.39, 0.29) is 6.61 Å². The van der Waals surface area contributed by atoms with Crippen molar-refractivity contribution < 1.29 is 22.7 Å². The van der Waals surface area contributed by atoms with Crippen molar-refractivity contribution in [3.05, 3.63) is 17.5 Å². The summed E-state index contributed by atoms with van der Waals surface area (Å²) in [5.41, 5.74) is -1.75. The number of hydrogen-bond acceptors (Lipinski definition) is 3. The molecule has 1 rings (SSSR count). The molecule has 1 N–H and O–H groups in total. The average Bonchev–Trinajstić information content (AvgIpc) is 2.65. The molecule has 0 aliphatic carbocycles. The van der Waals surface area contributed by atoms with Crippen LogP contribution < -0.4 is 0 Å². The third-order valence-electron chi connectivity index (χ3n) is 1.87. The zero-order valence-corrected chi connectivity index (χ0v) is 8.60. The quantitative estimate of drug-likeness (QED) is 0.645. The van der Waals surface area contributed by atoms with Gasteiger partial charge in [0.1, 0.15) is 5.56 Å². The van der Waals surface area contributed by atoms with Crippen molar-refractivity contribution in [2.24, 2.45) is 0 Å². The first-order valence-corrected chi connectivity index (χ1v) is 4.74. The Morgan fingerprint density at radius 3 is 2.81 bits per heavy atom. The summed E-state index contributed by atoms with van der Waals surface area (Å²) < 4.78 is 41.7. The SMILES string of the molecule is CCCCOC(=O)c1cn[nH]c1C(F)(F)F. The first-order chi connectivity index (χ1) is 7.46. The molecule has 0 spiro atoms. The largest absolute Gasteiger partial charge is 0.462 e. The zero-order valence-electron chi connectivity index (χ0n) is 8.60. The van der Waals surface area contributed by atoms with E-state index < -0.39 is 23.4 Å². The van der Waals surface area contributed by atoms with Gasteiger partial charge >= 0.3 is 12.1 Å². The molecule has 0 aliphatic rings. The molecule has 90 valence electrons. The van der Waals surface area contributed by atoms with Gasteiger partial charge in [-0.05, 0) is 6.42 Å². The number of halogens is 3. The number of carbonyl (C=O) groups excluding carboxylic acids is 1. The Morgan fingerprint density at radius 1 is 1.56 bits per heavy atom. The lowest BCUT2D eigenvalue weighted by atomic mass is 10.2. The summed E-state index contributed by atoms with van der Waals surface area (Å²) in [7, 11) is 0. The van der Waals surface area contributed by atoms with E-state index in [1.807, 2.05) is 6.92 Å². The van der Waals surface area contributed by atoms with Crippen molar-refractivity contribution >= 4 is 5.97 Å². The van der Waals surface area contributed by atoms with Crippen LogP contribution in [0.3, 0.4) is 0 Å². The first-order valence-electron chi connectivity index (χ1n) is 4.74. The van der Waals surface area contributed by atoms with E-state index in [1.165, 1.54) is 0 Å². The minimum Gasteiger partial charge on any atom is -0.462 e.